The minimum absolute atomic E-state index is 0.198. The van der Waals surface area contributed by atoms with Crippen molar-refractivity contribution in [1.29, 1.82) is 0 Å². The Labute approximate surface area is 65.1 Å². The van der Waals surface area contributed by atoms with Crippen molar-refractivity contribution in [2.45, 2.75) is 25.4 Å². The van der Waals surface area contributed by atoms with Gasteiger partial charge in [0.05, 0.1) is 0 Å². The second-order valence-electron chi connectivity index (χ2n) is 2.58. The van der Waals surface area contributed by atoms with E-state index in [2.05, 4.69) is 17.4 Å². The van der Waals surface area contributed by atoms with Gasteiger partial charge in [0.1, 0.15) is 0 Å². The maximum Gasteiger partial charge on any atom is 0.509 e. The van der Waals surface area contributed by atoms with Crippen molar-refractivity contribution < 1.29 is 14.3 Å². The van der Waals surface area contributed by atoms with Crippen LogP contribution in [-0.4, -0.2) is 17.7 Å². The first-order valence-electron chi connectivity index (χ1n) is 3.16. The van der Waals surface area contributed by atoms with Gasteiger partial charge in [-0.15, -0.1) is 12.6 Å². The maximum atomic E-state index is 10.5. The monoisotopic (exact) mass is 162 g/mol. The molecular formula is C6H10O3S. The Morgan fingerprint density at radius 3 is 2.30 bits per heavy atom. The van der Waals surface area contributed by atoms with E-state index >= 15 is 0 Å². The molecule has 10 heavy (non-hydrogen) atoms. The lowest BCUT2D eigenvalue weighted by atomic mass is 10.1. The summed E-state index contributed by atoms with van der Waals surface area (Å²) in [4.78, 5) is 10.5. The van der Waals surface area contributed by atoms with Crippen LogP contribution in [-0.2, 0) is 9.47 Å². The third kappa shape index (κ3) is 1.37. The summed E-state index contributed by atoms with van der Waals surface area (Å²) in [5.74, 6) is 0.258. The molecule has 0 unspecified atom stereocenters. The topological polar surface area (TPSA) is 35.5 Å². The van der Waals surface area contributed by atoms with Crippen LogP contribution in [0.1, 0.15) is 13.8 Å². The number of hydrogen-bond donors (Lipinski definition) is 1. The van der Waals surface area contributed by atoms with Crippen LogP contribution < -0.4 is 0 Å². The molecule has 0 amide bonds. The van der Waals surface area contributed by atoms with E-state index < -0.39 is 11.6 Å². The Bertz CT molecular complexity index is 146. The Morgan fingerprint density at radius 1 is 1.50 bits per heavy atom. The van der Waals surface area contributed by atoms with Crippen LogP contribution in [0.25, 0.3) is 0 Å². The van der Waals surface area contributed by atoms with Gasteiger partial charge in [-0.3, -0.25) is 0 Å². The molecule has 1 rings (SSSR count). The molecule has 4 heteroatoms. The third-order valence-corrected chi connectivity index (χ3v) is 1.79. The largest absolute Gasteiger partial charge is 0.509 e. The zero-order valence-electron chi connectivity index (χ0n) is 5.90. The number of cyclic esters (lactones) is 2. The average Bonchev–Trinajstić information content (AvgIpc) is 2.10. The van der Waals surface area contributed by atoms with Gasteiger partial charge in [0.25, 0.3) is 0 Å². The quantitative estimate of drug-likeness (QED) is 0.468. The number of carbonyl (C=O) groups excluding carboxylic acids is 1. The zero-order chi connectivity index (χ0) is 7.72. The molecule has 1 aliphatic heterocycles. The van der Waals surface area contributed by atoms with Crippen molar-refractivity contribution in [3.8, 4) is 0 Å². The van der Waals surface area contributed by atoms with E-state index in [1.807, 2.05) is 13.8 Å². The molecule has 0 aromatic carbocycles. The van der Waals surface area contributed by atoms with Crippen molar-refractivity contribution >= 4 is 18.8 Å². The van der Waals surface area contributed by atoms with Crippen LogP contribution in [0, 0.1) is 5.92 Å². The first-order valence-corrected chi connectivity index (χ1v) is 3.68. The van der Waals surface area contributed by atoms with E-state index in [-0.39, 0.29) is 12.0 Å². The molecule has 0 bridgehead atoms. The van der Waals surface area contributed by atoms with Crippen LogP contribution >= 0.6 is 12.6 Å². The molecule has 3 nitrogen and oxygen atoms in total. The third-order valence-electron chi connectivity index (χ3n) is 1.39. The second-order valence-corrected chi connectivity index (χ2v) is 3.09. The maximum absolute atomic E-state index is 10.5. The van der Waals surface area contributed by atoms with Gasteiger partial charge in [-0.2, -0.15) is 0 Å². The Kier molecular flexibility index (Phi) is 2.08. The van der Waals surface area contributed by atoms with Crippen LogP contribution in [0.15, 0.2) is 0 Å². The molecule has 1 aliphatic rings. The molecule has 0 N–H and O–H groups in total. The van der Waals surface area contributed by atoms with E-state index in [1.165, 1.54) is 0 Å². The highest BCUT2D eigenvalue weighted by Crippen LogP contribution is 2.23. The first-order chi connectivity index (χ1) is 4.61. The first kappa shape index (κ1) is 7.72. The van der Waals surface area contributed by atoms with E-state index in [1.54, 1.807) is 0 Å². The molecule has 1 saturated heterocycles. The van der Waals surface area contributed by atoms with Gasteiger partial charge in [0, 0.05) is 0 Å². The van der Waals surface area contributed by atoms with E-state index in [4.69, 9.17) is 4.74 Å². The fourth-order valence-electron chi connectivity index (χ4n) is 0.828. The predicted molar refractivity (Wildman–Crippen MR) is 39.0 cm³/mol. The van der Waals surface area contributed by atoms with Gasteiger partial charge in [-0.05, 0) is 5.92 Å². The van der Waals surface area contributed by atoms with E-state index in [0.717, 1.165) is 0 Å². The summed E-state index contributed by atoms with van der Waals surface area (Å²) in [6, 6.07) is 0. The lowest BCUT2D eigenvalue weighted by molar-refractivity contribution is 0.105. The van der Waals surface area contributed by atoms with Crippen LogP contribution in [0.5, 0.6) is 0 Å². The molecule has 1 heterocycles. The number of ether oxygens (including phenoxy) is 2. The summed E-state index contributed by atoms with van der Waals surface area (Å²) >= 11 is 4.02. The molecule has 1 fully saturated rings. The van der Waals surface area contributed by atoms with Crippen molar-refractivity contribution in [3.05, 3.63) is 0 Å². The fraction of sp³-hybridized carbons (Fsp3) is 0.833. The molecule has 0 aromatic heterocycles. The summed E-state index contributed by atoms with van der Waals surface area (Å²) in [7, 11) is 0. The fourth-order valence-corrected chi connectivity index (χ4v) is 1.32. The van der Waals surface area contributed by atoms with Gasteiger partial charge in [-0.1, -0.05) is 13.8 Å². The predicted octanol–water partition coefficient (Wildman–Crippen LogP) is 1.43. The average molecular weight is 162 g/mol. The standard InChI is InChI=1S/C6H10O3S/c1-3(2)4-5(10)9-6(7)8-4/h3-5,10H,1-2H3/t4-,5+/m1/s1. The summed E-state index contributed by atoms with van der Waals surface area (Å²) in [6.07, 6.45) is -0.811. The zero-order valence-corrected chi connectivity index (χ0v) is 6.80. The molecule has 0 spiro atoms. The summed E-state index contributed by atoms with van der Waals surface area (Å²) in [6.45, 7) is 3.91. The number of rotatable bonds is 1. The van der Waals surface area contributed by atoms with E-state index in [9.17, 15) is 4.79 Å². The van der Waals surface area contributed by atoms with Crippen molar-refractivity contribution in [1.82, 2.24) is 0 Å². The molecule has 0 saturated carbocycles. The Morgan fingerprint density at radius 2 is 2.10 bits per heavy atom. The smallest absolute Gasteiger partial charge is 0.426 e. The number of thiol groups is 1. The molecule has 0 radical (unpaired) electrons. The number of carbonyl (C=O) groups is 1. The molecular weight excluding hydrogens is 152 g/mol. The number of hydrogen-bond acceptors (Lipinski definition) is 4. The van der Waals surface area contributed by atoms with Gasteiger partial charge < -0.3 is 9.47 Å². The van der Waals surface area contributed by atoms with Gasteiger partial charge in [0.2, 0.25) is 0 Å². The lowest BCUT2D eigenvalue weighted by Gasteiger charge is -2.13. The highest BCUT2D eigenvalue weighted by Gasteiger charge is 2.35. The van der Waals surface area contributed by atoms with Crippen LogP contribution in [0.4, 0.5) is 4.79 Å². The van der Waals surface area contributed by atoms with Crippen LogP contribution in [0.2, 0.25) is 0 Å². The van der Waals surface area contributed by atoms with Crippen molar-refractivity contribution in [3.63, 3.8) is 0 Å². The highest BCUT2D eigenvalue weighted by molar-refractivity contribution is 7.80. The normalized spacial score (nSPS) is 32.2. The van der Waals surface area contributed by atoms with Crippen molar-refractivity contribution in [2.24, 2.45) is 5.92 Å². The minimum atomic E-state index is -0.612. The molecule has 0 aromatic rings. The van der Waals surface area contributed by atoms with Crippen molar-refractivity contribution in [2.75, 3.05) is 0 Å². The Balaban J connectivity index is 2.54. The van der Waals surface area contributed by atoms with Gasteiger partial charge in [0.15, 0.2) is 11.5 Å². The second kappa shape index (κ2) is 2.70. The summed E-state index contributed by atoms with van der Waals surface area (Å²) in [5.41, 5.74) is -0.396. The molecule has 2 atom stereocenters. The Hall–Kier alpha value is -0.380. The summed E-state index contributed by atoms with van der Waals surface area (Å²) in [5, 5.41) is 0. The van der Waals surface area contributed by atoms with E-state index in [0.29, 0.717) is 0 Å². The SMILES string of the molecule is CC(C)[C@H]1OC(=O)O[C@H]1S. The summed E-state index contributed by atoms with van der Waals surface area (Å²) < 4.78 is 9.44. The molecule has 0 aliphatic carbocycles. The van der Waals surface area contributed by atoms with Gasteiger partial charge >= 0.3 is 6.16 Å². The molecule has 58 valence electrons. The van der Waals surface area contributed by atoms with Crippen LogP contribution in [0.3, 0.4) is 0 Å². The minimum Gasteiger partial charge on any atom is -0.426 e. The van der Waals surface area contributed by atoms with Gasteiger partial charge in [-0.25, -0.2) is 4.79 Å². The lowest BCUT2D eigenvalue weighted by Crippen LogP contribution is -2.23. The highest BCUT2D eigenvalue weighted by atomic mass is 32.1.